The zero-order valence-electron chi connectivity index (χ0n) is 5.18. The maximum atomic E-state index is 9.76. The minimum atomic E-state index is -0.693. The molecule has 8 heavy (non-hydrogen) atoms. The molecule has 0 aromatic heterocycles. The minimum absolute atomic E-state index is 0. The van der Waals surface area contributed by atoms with E-state index in [1.165, 1.54) is 0 Å². The van der Waals surface area contributed by atoms with Gasteiger partial charge in [0.15, 0.2) is 0 Å². The smallest absolute Gasteiger partial charge is 0.303 e. The van der Waals surface area contributed by atoms with Crippen LogP contribution in [0.25, 0.3) is 0 Å². The van der Waals surface area contributed by atoms with Crippen molar-refractivity contribution >= 4 is 5.97 Å². The Kier molecular flexibility index (Phi) is 10.4. The molecule has 0 heterocycles. The minimum Gasteiger partial charge on any atom is -0.481 e. The Bertz CT molecular complexity index is 63.4. The van der Waals surface area contributed by atoms with Crippen molar-refractivity contribution in [3.8, 4) is 0 Å². The second kappa shape index (κ2) is 7.41. The molecule has 0 saturated heterocycles. The van der Waals surface area contributed by atoms with Crippen molar-refractivity contribution in [1.82, 2.24) is 0 Å². The second-order valence-corrected chi connectivity index (χ2v) is 1.50. The fourth-order valence-corrected chi connectivity index (χ4v) is 0.328. The van der Waals surface area contributed by atoms with Crippen LogP contribution in [0.3, 0.4) is 0 Å². The summed E-state index contributed by atoms with van der Waals surface area (Å²) in [4.78, 5) is 9.76. The summed E-state index contributed by atoms with van der Waals surface area (Å²) in [5, 5.41) is 8.04. The van der Waals surface area contributed by atoms with E-state index in [9.17, 15) is 4.79 Å². The van der Waals surface area contributed by atoms with Gasteiger partial charge in [-0.15, -0.1) is 0 Å². The van der Waals surface area contributed by atoms with Gasteiger partial charge >= 0.3 is 5.97 Å². The van der Waals surface area contributed by atoms with Gasteiger partial charge in [-0.3, -0.25) is 4.79 Å². The standard InChI is InChI=1S/C5H10O2.Hg/c1-2-3-4-5(6)7;/h2-4H2,1H3,(H,6,7);. The number of aliphatic carboxylic acids is 1. The van der Waals surface area contributed by atoms with Crippen LogP contribution in [-0.4, -0.2) is 11.1 Å². The molecule has 2 nitrogen and oxygen atoms in total. The zero-order valence-corrected chi connectivity index (χ0v) is 10.7. The fraction of sp³-hybridized carbons (Fsp3) is 0.800. The average molecular weight is 303 g/mol. The molecule has 0 unspecified atom stereocenters. The first kappa shape index (κ1) is 11.2. The Balaban J connectivity index is 0. The summed E-state index contributed by atoms with van der Waals surface area (Å²) in [6.07, 6.45) is 2.08. The van der Waals surface area contributed by atoms with Crippen LogP contribution in [-0.2, 0) is 32.5 Å². The van der Waals surface area contributed by atoms with Crippen LogP contribution < -0.4 is 0 Å². The molecule has 0 radical (unpaired) electrons. The van der Waals surface area contributed by atoms with Crippen LogP contribution >= 0.6 is 0 Å². The Labute approximate surface area is 69.8 Å². The van der Waals surface area contributed by atoms with E-state index in [2.05, 4.69) is 0 Å². The zero-order chi connectivity index (χ0) is 5.70. The molecule has 0 rings (SSSR count). The summed E-state index contributed by atoms with van der Waals surface area (Å²) in [7, 11) is 0. The van der Waals surface area contributed by atoms with E-state index in [4.69, 9.17) is 5.11 Å². The summed E-state index contributed by atoms with van der Waals surface area (Å²) in [5.41, 5.74) is 0. The third-order valence-electron chi connectivity index (χ3n) is 0.744. The van der Waals surface area contributed by atoms with E-state index < -0.39 is 5.97 Å². The number of carboxylic acids is 1. The number of unbranched alkanes of at least 4 members (excludes halogenated alkanes) is 1. The van der Waals surface area contributed by atoms with Crippen molar-refractivity contribution in [1.29, 1.82) is 0 Å². The fourth-order valence-electron chi connectivity index (χ4n) is 0.328. The summed E-state index contributed by atoms with van der Waals surface area (Å²) in [5.74, 6) is -0.693. The van der Waals surface area contributed by atoms with E-state index in [0.717, 1.165) is 12.8 Å². The van der Waals surface area contributed by atoms with Crippen LogP contribution in [0.5, 0.6) is 0 Å². The van der Waals surface area contributed by atoms with Crippen LogP contribution in [0.2, 0.25) is 0 Å². The second-order valence-electron chi connectivity index (χ2n) is 1.50. The van der Waals surface area contributed by atoms with Crippen molar-refractivity contribution in [3.05, 3.63) is 0 Å². The Morgan fingerprint density at radius 2 is 2.12 bits per heavy atom. The molecule has 0 aliphatic heterocycles. The molecular formula is C5H10HgO2. The van der Waals surface area contributed by atoms with Crippen molar-refractivity contribution in [2.45, 2.75) is 26.2 Å². The van der Waals surface area contributed by atoms with Gasteiger partial charge in [0.2, 0.25) is 0 Å². The molecule has 0 aliphatic rings. The van der Waals surface area contributed by atoms with Crippen molar-refractivity contribution in [2.24, 2.45) is 0 Å². The quantitative estimate of drug-likeness (QED) is 0.797. The van der Waals surface area contributed by atoms with E-state index in [1.807, 2.05) is 6.92 Å². The summed E-state index contributed by atoms with van der Waals surface area (Å²) in [6, 6.07) is 0. The van der Waals surface area contributed by atoms with E-state index in [1.54, 1.807) is 0 Å². The normalized spacial score (nSPS) is 7.62. The summed E-state index contributed by atoms with van der Waals surface area (Å²) < 4.78 is 0. The van der Waals surface area contributed by atoms with Gasteiger partial charge in [0.1, 0.15) is 0 Å². The van der Waals surface area contributed by atoms with Gasteiger partial charge in [-0.25, -0.2) is 0 Å². The number of hydrogen-bond acceptors (Lipinski definition) is 1. The van der Waals surface area contributed by atoms with Crippen LogP contribution in [0.4, 0.5) is 0 Å². The summed E-state index contributed by atoms with van der Waals surface area (Å²) >= 11 is 0. The van der Waals surface area contributed by atoms with E-state index in [-0.39, 0.29) is 27.7 Å². The third-order valence-corrected chi connectivity index (χ3v) is 0.744. The van der Waals surface area contributed by atoms with Crippen molar-refractivity contribution in [3.63, 3.8) is 0 Å². The van der Waals surface area contributed by atoms with Gasteiger partial charge in [-0.05, 0) is 6.42 Å². The predicted octanol–water partition coefficient (Wildman–Crippen LogP) is 1.26. The first-order valence-electron chi connectivity index (χ1n) is 2.49. The average Bonchev–Trinajstić information content (AvgIpc) is 1.61. The van der Waals surface area contributed by atoms with Gasteiger partial charge in [0.05, 0.1) is 0 Å². The first-order chi connectivity index (χ1) is 3.27. The van der Waals surface area contributed by atoms with Crippen molar-refractivity contribution < 1.29 is 37.6 Å². The molecule has 0 aliphatic carbocycles. The molecule has 3 heteroatoms. The first-order valence-corrected chi connectivity index (χ1v) is 2.49. The van der Waals surface area contributed by atoms with Gasteiger partial charge in [-0.2, -0.15) is 0 Å². The molecule has 0 aromatic rings. The molecule has 0 amide bonds. The van der Waals surface area contributed by atoms with Crippen LogP contribution in [0.1, 0.15) is 26.2 Å². The van der Waals surface area contributed by atoms with Gasteiger partial charge in [0.25, 0.3) is 0 Å². The van der Waals surface area contributed by atoms with E-state index >= 15 is 0 Å². The van der Waals surface area contributed by atoms with Crippen LogP contribution in [0.15, 0.2) is 0 Å². The molecule has 0 aromatic carbocycles. The number of hydrogen-bond donors (Lipinski definition) is 1. The molecule has 0 atom stereocenters. The Morgan fingerprint density at radius 3 is 2.25 bits per heavy atom. The molecule has 44 valence electrons. The Hall–Kier alpha value is 0.405. The maximum absolute atomic E-state index is 9.76. The van der Waals surface area contributed by atoms with E-state index in [0.29, 0.717) is 6.42 Å². The largest absolute Gasteiger partial charge is 0.481 e. The number of carboxylic acid groups (broad SMARTS) is 1. The molecule has 1 N–H and O–H groups in total. The van der Waals surface area contributed by atoms with Gasteiger partial charge in [0, 0.05) is 34.1 Å². The predicted molar refractivity (Wildman–Crippen MR) is 27.2 cm³/mol. The van der Waals surface area contributed by atoms with Crippen LogP contribution in [0, 0.1) is 0 Å². The molecular weight excluding hydrogens is 293 g/mol. The molecule has 0 spiro atoms. The van der Waals surface area contributed by atoms with Gasteiger partial charge in [-0.1, -0.05) is 13.3 Å². The SMILES string of the molecule is CCCCC(=O)O.[Hg]. The molecule has 0 saturated carbocycles. The topological polar surface area (TPSA) is 37.3 Å². The monoisotopic (exact) mass is 304 g/mol. The third kappa shape index (κ3) is 9.64. The number of rotatable bonds is 3. The molecule has 0 fully saturated rings. The van der Waals surface area contributed by atoms with Gasteiger partial charge < -0.3 is 5.11 Å². The Morgan fingerprint density at radius 1 is 1.62 bits per heavy atom. The number of carbonyl (C=O) groups is 1. The van der Waals surface area contributed by atoms with Crippen molar-refractivity contribution in [2.75, 3.05) is 0 Å². The summed E-state index contributed by atoms with van der Waals surface area (Å²) in [6.45, 7) is 1.98. The maximum Gasteiger partial charge on any atom is 0.303 e. The molecule has 0 bridgehead atoms.